The van der Waals surface area contributed by atoms with Gasteiger partial charge in [0, 0.05) is 30.7 Å². The van der Waals surface area contributed by atoms with E-state index in [2.05, 4.69) is 0 Å². The van der Waals surface area contributed by atoms with Crippen molar-refractivity contribution < 1.29 is 43.2 Å². The van der Waals surface area contributed by atoms with Gasteiger partial charge in [-0.05, 0) is 49.2 Å². The van der Waals surface area contributed by atoms with Crippen LogP contribution in [0, 0.1) is 26.1 Å². The molecule has 14 heteroatoms. The predicted molar refractivity (Wildman–Crippen MR) is 129 cm³/mol. The summed E-state index contributed by atoms with van der Waals surface area (Å²) in [5.41, 5.74) is -0.669. The molecule has 2 aromatic carbocycles. The summed E-state index contributed by atoms with van der Waals surface area (Å²) >= 11 is 0. The number of β-lactam (4-membered cyclic amide) rings is 1. The van der Waals surface area contributed by atoms with E-state index in [1.807, 2.05) is 0 Å². The largest absolute Gasteiger partial charge is 0.509 e. The molecule has 2 aliphatic heterocycles. The lowest BCUT2D eigenvalue weighted by molar-refractivity contribution is -0.385. The molecule has 14 nitrogen and oxygen atoms in total. The lowest BCUT2D eigenvalue weighted by atomic mass is 9.76. The molecule has 1 amide bonds. The number of fused-ring (bicyclic) bond motifs is 1. The van der Waals surface area contributed by atoms with Crippen molar-refractivity contribution >= 4 is 35.2 Å². The Balaban J connectivity index is 1.32. The monoisotopic (exact) mass is 541 g/mol. The molecule has 0 bridgehead atoms. The summed E-state index contributed by atoms with van der Waals surface area (Å²) in [7, 11) is 0. The standard InChI is InChI=1S/C25H23N3O11/c1-25(2,39-24(32)38-13-15-5-9-17(10-6-15)28(35)36)20-18-11-19(29)21(26(18)22(20)30)23(31)37-12-14-3-7-16(8-4-14)27(33)34/h3-10,18,20-21H,11-13H2,1-2H3/t18-,20-,21-/m1/s1. The molecule has 204 valence electrons. The predicted octanol–water partition coefficient (Wildman–Crippen LogP) is 2.85. The second-order valence-electron chi connectivity index (χ2n) is 9.56. The Kier molecular flexibility index (Phi) is 7.29. The molecule has 3 atom stereocenters. The minimum absolute atomic E-state index is 0.116. The number of non-ortho nitro benzene ring substituents is 2. The Labute approximate surface area is 220 Å². The van der Waals surface area contributed by atoms with Crippen LogP contribution in [-0.2, 0) is 41.8 Å². The first-order chi connectivity index (χ1) is 18.4. The average molecular weight is 541 g/mol. The highest BCUT2D eigenvalue weighted by Crippen LogP contribution is 2.45. The first kappa shape index (κ1) is 27.2. The Morgan fingerprint density at radius 1 is 0.897 bits per heavy atom. The van der Waals surface area contributed by atoms with Crippen LogP contribution in [0.2, 0.25) is 0 Å². The molecule has 0 N–H and O–H groups in total. The quantitative estimate of drug-likeness (QED) is 0.149. The van der Waals surface area contributed by atoms with Gasteiger partial charge in [0.25, 0.3) is 11.4 Å². The zero-order chi connectivity index (χ0) is 28.5. The van der Waals surface area contributed by atoms with Crippen molar-refractivity contribution in [2.75, 3.05) is 0 Å². The number of ketones is 1. The maximum Gasteiger partial charge on any atom is 0.509 e. The average Bonchev–Trinajstić information content (AvgIpc) is 3.17. The van der Waals surface area contributed by atoms with Crippen LogP contribution in [-0.4, -0.2) is 56.2 Å². The Morgan fingerprint density at radius 3 is 1.87 bits per heavy atom. The molecular weight excluding hydrogens is 518 g/mol. The fraction of sp³-hybridized carbons (Fsp3) is 0.360. The molecule has 2 aromatic rings. The molecular formula is C25H23N3O11. The molecule has 0 aliphatic carbocycles. The minimum atomic E-state index is -1.43. The lowest BCUT2D eigenvalue weighted by Crippen LogP contribution is -2.68. The van der Waals surface area contributed by atoms with Gasteiger partial charge in [0.2, 0.25) is 5.91 Å². The third kappa shape index (κ3) is 5.54. The molecule has 0 aromatic heterocycles. The first-order valence-corrected chi connectivity index (χ1v) is 11.7. The number of nitro groups is 2. The summed E-state index contributed by atoms with van der Waals surface area (Å²) in [6.07, 6.45) is -1.20. The van der Waals surface area contributed by atoms with Gasteiger partial charge in [0.1, 0.15) is 18.8 Å². The van der Waals surface area contributed by atoms with Crippen LogP contribution in [0.3, 0.4) is 0 Å². The summed E-state index contributed by atoms with van der Waals surface area (Å²) in [6, 6.07) is 8.60. The van der Waals surface area contributed by atoms with Crippen molar-refractivity contribution in [2.24, 2.45) is 5.92 Å². The molecule has 0 saturated carbocycles. The van der Waals surface area contributed by atoms with Crippen molar-refractivity contribution in [3.63, 3.8) is 0 Å². The smallest absolute Gasteiger partial charge is 0.459 e. The number of esters is 1. The van der Waals surface area contributed by atoms with E-state index in [-0.39, 0.29) is 31.0 Å². The normalized spacial score (nSPS) is 20.1. The summed E-state index contributed by atoms with van der Waals surface area (Å²) in [5, 5.41) is 21.5. The maximum absolute atomic E-state index is 13.0. The van der Waals surface area contributed by atoms with Gasteiger partial charge in [-0.1, -0.05) is 0 Å². The van der Waals surface area contributed by atoms with Crippen LogP contribution < -0.4 is 0 Å². The van der Waals surface area contributed by atoms with Gasteiger partial charge in [-0.3, -0.25) is 29.8 Å². The van der Waals surface area contributed by atoms with Gasteiger partial charge in [-0.15, -0.1) is 0 Å². The number of Topliss-reactive ketones (excluding diaryl/α,β-unsaturated/α-hetero) is 1. The topological polar surface area (TPSA) is 185 Å². The molecule has 0 radical (unpaired) electrons. The van der Waals surface area contributed by atoms with E-state index < -0.39 is 57.3 Å². The second-order valence-corrected chi connectivity index (χ2v) is 9.56. The van der Waals surface area contributed by atoms with Gasteiger partial charge in [-0.2, -0.15) is 0 Å². The van der Waals surface area contributed by atoms with Gasteiger partial charge in [-0.25, -0.2) is 9.59 Å². The number of carbonyl (C=O) groups excluding carboxylic acids is 4. The number of rotatable bonds is 9. The molecule has 2 heterocycles. The molecule has 2 fully saturated rings. The van der Waals surface area contributed by atoms with Gasteiger partial charge >= 0.3 is 12.1 Å². The first-order valence-electron chi connectivity index (χ1n) is 11.7. The molecule has 2 saturated heterocycles. The number of amides is 1. The van der Waals surface area contributed by atoms with Crippen LogP contribution in [0.1, 0.15) is 31.4 Å². The van der Waals surface area contributed by atoms with Crippen LogP contribution >= 0.6 is 0 Å². The lowest BCUT2D eigenvalue weighted by Gasteiger charge is -2.49. The van der Waals surface area contributed by atoms with Crippen LogP contribution in [0.5, 0.6) is 0 Å². The van der Waals surface area contributed by atoms with Gasteiger partial charge < -0.3 is 19.1 Å². The summed E-state index contributed by atoms with van der Waals surface area (Å²) in [4.78, 5) is 72.1. The molecule has 39 heavy (non-hydrogen) atoms. The van der Waals surface area contributed by atoms with Crippen molar-refractivity contribution in [1.29, 1.82) is 0 Å². The van der Waals surface area contributed by atoms with E-state index in [0.717, 1.165) is 4.90 Å². The SMILES string of the molecule is CC(C)(OC(=O)OCc1ccc([N+](=O)[O-])cc1)[C@H]1C(=O)N2[C@@H](C(=O)OCc3ccc([N+](=O)[O-])cc3)C(=O)C[C@H]12. The second kappa shape index (κ2) is 10.5. The Bertz CT molecular complexity index is 1340. The number of nitro benzene ring substituents is 2. The van der Waals surface area contributed by atoms with Crippen molar-refractivity contribution in [3.05, 3.63) is 79.9 Å². The minimum Gasteiger partial charge on any atom is -0.459 e. The number of ether oxygens (including phenoxy) is 3. The number of hydrogen-bond acceptors (Lipinski definition) is 11. The molecule has 2 aliphatic rings. The molecule has 0 spiro atoms. The number of carbonyl (C=O) groups is 4. The van der Waals surface area contributed by atoms with Gasteiger partial charge in [0.05, 0.1) is 21.8 Å². The highest BCUT2D eigenvalue weighted by Gasteiger charge is 2.65. The van der Waals surface area contributed by atoms with Crippen molar-refractivity contribution in [3.8, 4) is 0 Å². The van der Waals surface area contributed by atoms with E-state index in [1.54, 1.807) is 0 Å². The third-order valence-corrected chi connectivity index (χ3v) is 6.61. The summed E-state index contributed by atoms with van der Waals surface area (Å²) < 4.78 is 15.6. The number of nitrogens with zero attached hydrogens (tertiary/aromatic N) is 3. The molecule has 0 unspecified atom stereocenters. The van der Waals surface area contributed by atoms with Crippen LogP contribution in [0.15, 0.2) is 48.5 Å². The number of hydrogen-bond donors (Lipinski definition) is 0. The van der Waals surface area contributed by atoms with Gasteiger partial charge in [0.15, 0.2) is 11.8 Å². The van der Waals surface area contributed by atoms with Crippen molar-refractivity contribution in [2.45, 2.75) is 51.2 Å². The maximum atomic E-state index is 13.0. The van der Waals surface area contributed by atoms with E-state index in [4.69, 9.17) is 14.2 Å². The third-order valence-electron chi connectivity index (χ3n) is 6.61. The van der Waals surface area contributed by atoms with E-state index in [1.165, 1.54) is 62.4 Å². The molecule has 4 rings (SSSR count). The van der Waals surface area contributed by atoms with E-state index in [9.17, 15) is 39.4 Å². The highest BCUT2D eigenvalue weighted by molar-refractivity contribution is 6.11. The number of benzene rings is 2. The Hall–Kier alpha value is -4.88. The fourth-order valence-electron chi connectivity index (χ4n) is 4.69. The van der Waals surface area contributed by atoms with Crippen LogP contribution in [0.25, 0.3) is 0 Å². The fourth-order valence-corrected chi connectivity index (χ4v) is 4.69. The van der Waals surface area contributed by atoms with Crippen LogP contribution in [0.4, 0.5) is 16.2 Å². The van der Waals surface area contributed by atoms with E-state index in [0.29, 0.717) is 11.1 Å². The zero-order valence-electron chi connectivity index (χ0n) is 20.8. The Morgan fingerprint density at radius 2 is 1.38 bits per heavy atom. The summed E-state index contributed by atoms with van der Waals surface area (Å²) in [6.45, 7) is 2.52. The van der Waals surface area contributed by atoms with Crippen molar-refractivity contribution in [1.82, 2.24) is 4.90 Å². The van der Waals surface area contributed by atoms with E-state index >= 15 is 0 Å². The zero-order valence-corrected chi connectivity index (χ0v) is 20.8. The summed E-state index contributed by atoms with van der Waals surface area (Å²) in [5.74, 6) is -2.90. The highest BCUT2D eigenvalue weighted by atomic mass is 16.7.